The van der Waals surface area contributed by atoms with Crippen LogP contribution in [0.5, 0.6) is 11.5 Å². The summed E-state index contributed by atoms with van der Waals surface area (Å²) in [5, 5.41) is 8.60. The highest BCUT2D eigenvalue weighted by Crippen LogP contribution is 2.33. The molecule has 0 saturated carbocycles. The van der Waals surface area contributed by atoms with Crippen molar-refractivity contribution in [3.63, 3.8) is 0 Å². The van der Waals surface area contributed by atoms with E-state index in [9.17, 15) is 9.59 Å². The van der Waals surface area contributed by atoms with E-state index in [0.717, 1.165) is 11.1 Å². The van der Waals surface area contributed by atoms with Crippen molar-refractivity contribution in [1.82, 2.24) is 0 Å². The Morgan fingerprint density at radius 1 is 0.478 bits per heavy atom. The number of para-hydroxylation sites is 2. The first-order valence-corrected chi connectivity index (χ1v) is 16.6. The van der Waals surface area contributed by atoms with Crippen molar-refractivity contribution in [3.05, 3.63) is 120 Å². The zero-order chi connectivity index (χ0) is 34.7. The molecular formula is C40H54N2O4. The molecule has 0 saturated heterocycles. The summed E-state index contributed by atoms with van der Waals surface area (Å²) in [4.78, 5) is 25.3. The van der Waals surface area contributed by atoms with Crippen LogP contribution in [0.1, 0.15) is 105 Å². The summed E-state index contributed by atoms with van der Waals surface area (Å²) in [5.41, 5.74) is 2.93. The zero-order valence-electron chi connectivity index (χ0n) is 29.5. The zero-order valence-corrected chi connectivity index (χ0v) is 29.5. The highest BCUT2D eigenvalue weighted by atomic mass is 16.5. The average molecular weight is 627 g/mol. The number of benzene rings is 4. The van der Waals surface area contributed by atoms with Gasteiger partial charge in [-0.1, -0.05) is 154 Å². The topological polar surface area (TPSA) is 77.3 Å². The smallest absolute Gasteiger partial charge is 0.311 e. The van der Waals surface area contributed by atoms with Gasteiger partial charge < -0.3 is 9.47 Å². The van der Waals surface area contributed by atoms with E-state index in [2.05, 4.69) is 10.2 Å². The number of rotatable bonds is 10. The number of carbonyl (C=O) groups is 2. The minimum absolute atomic E-state index is 0.0173. The largest absolute Gasteiger partial charge is 0.424 e. The van der Waals surface area contributed by atoms with Crippen molar-refractivity contribution in [3.8, 4) is 11.5 Å². The molecule has 0 fully saturated rings. The molecule has 248 valence electrons. The van der Waals surface area contributed by atoms with E-state index in [1.54, 1.807) is 48.5 Å². The number of hydrogen-bond donors (Lipinski definition) is 0. The molecule has 46 heavy (non-hydrogen) atoms. The Labute approximate surface area is 277 Å². The first kappa shape index (κ1) is 41.4. The molecule has 6 nitrogen and oxygen atoms in total. The van der Waals surface area contributed by atoms with Crippen molar-refractivity contribution in [1.29, 1.82) is 0 Å². The van der Waals surface area contributed by atoms with Crippen LogP contribution in [-0.2, 0) is 9.59 Å². The fourth-order valence-corrected chi connectivity index (χ4v) is 3.99. The maximum absolute atomic E-state index is 12.6. The van der Waals surface area contributed by atoms with Gasteiger partial charge in [-0.05, 0) is 47.2 Å². The summed E-state index contributed by atoms with van der Waals surface area (Å²) in [5.74, 6) is -0.0515. The molecule has 4 aromatic carbocycles. The third kappa shape index (κ3) is 14.9. The van der Waals surface area contributed by atoms with Crippen LogP contribution in [-0.4, -0.2) is 11.9 Å². The molecule has 0 heterocycles. The molecule has 0 bridgehead atoms. The number of azo groups is 1. The van der Waals surface area contributed by atoms with Crippen LogP contribution in [0.2, 0.25) is 0 Å². The van der Waals surface area contributed by atoms with Crippen molar-refractivity contribution in [2.75, 3.05) is 0 Å². The summed E-state index contributed by atoms with van der Waals surface area (Å²) in [7, 11) is 0. The first-order valence-electron chi connectivity index (χ1n) is 16.6. The van der Waals surface area contributed by atoms with Gasteiger partial charge in [0.15, 0.2) is 11.5 Å². The Morgan fingerprint density at radius 3 is 1.09 bits per heavy atom. The van der Waals surface area contributed by atoms with Crippen molar-refractivity contribution < 1.29 is 19.1 Å². The normalized spacial score (nSPS) is 10.9. The van der Waals surface area contributed by atoms with Crippen LogP contribution in [0.25, 0.3) is 0 Å². The van der Waals surface area contributed by atoms with Crippen LogP contribution in [0.15, 0.2) is 119 Å². The minimum Gasteiger partial charge on any atom is -0.424 e. The summed E-state index contributed by atoms with van der Waals surface area (Å²) < 4.78 is 11.3. The van der Waals surface area contributed by atoms with Gasteiger partial charge in [-0.15, -0.1) is 10.2 Å². The fourth-order valence-electron chi connectivity index (χ4n) is 3.99. The Hall–Kier alpha value is -4.58. The van der Waals surface area contributed by atoms with E-state index in [0.29, 0.717) is 22.9 Å². The number of carbonyl (C=O) groups excluding carboxylic acids is 2. The molecular weight excluding hydrogens is 572 g/mol. The summed E-state index contributed by atoms with van der Waals surface area (Å²) in [6.45, 7) is 20.0. The van der Waals surface area contributed by atoms with Gasteiger partial charge in [0.25, 0.3) is 0 Å². The molecule has 0 aliphatic heterocycles. The van der Waals surface area contributed by atoms with Crippen LogP contribution >= 0.6 is 0 Å². The Balaban J connectivity index is 0.00000235. The second-order valence-corrected chi connectivity index (χ2v) is 9.12. The van der Waals surface area contributed by atoms with Crippen LogP contribution in [0.3, 0.4) is 0 Å². The molecule has 0 radical (unpaired) electrons. The van der Waals surface area contributed by atoms with E-state index in [4.69, 9.17) is 9.47 Å². The van der Waals surface area contributed by atoms with Gasteiger partial charge in [-0.3, -0.25) is 9.59 Å². The fraction of sp³-hybridized carbons (Fsp3) is 0.350. The number of hydrogen-bond acceptors (Lipinski definition) is 6. The highest BCUT2D eigenvalue weighted by Gasteiger charge is 2.16. The van der Waals surface area contributed by atoms with Gasteiger partial charge in [0.1, 0.15) is 11.4 Å². The van der Waals surface area contributed by atoms with Gasteiger partial charge in [0, 0.05) is 0 Å². The molecule has 2 atom stereocenters. The monoisotopic (exact) mass is 626 g/mol. The predicted octanol–water partition coefficient (Wildman–Crippen LogP) is 12.4. The molecule has 4 rings (SSSR count). The number of nitrogens with zero attached hydrogens (tertiary/aromatic N) is 2. The van der Waals surface area contributed by atoms with E-state index in [1.165, 1.54) is 0 Å². The third-order valence-electron chi connectivity index (χ3n) is 6.13. The van der Waals surface area contributed by atoms with Crippen LogP contribution < -0.4 is 9.47 Å². The quantitative estimate of drug-likeness (QED) is 0.0996. The molecule has 0 amide bonds. The summed E-state index contributed by atoms with van der Waals surface area (Å²) in [6, 6.07) is 33.6. The molecule has 0 unspecified atom stereocenters. The SMILES string of the molecule is CC.CC.CC.CC.C[C@H](CC(=O)Oc1ccccc1N=Nc1ccccc1OC(=O)C[C@H](C)c1ccccc1)c1ccccc1. The van der Waals surface area contributed by atoms with E-state index < -0.39 is 0 Å². The lowest BCUT2D eigenvalue weighted by molar-refractivity contribution is -0.135. The second kappa shape index (κ2) is 25.7. The van der Waals surface area contributed by atoms with Crippen LogP contribution in [0.4, 0.5) is 11.4 Å². The van der Waals surface area contributed by atoms with Gasteiger partial charge in [0.2, 0.25) is 0 Å². The van der Waals surface area contributed by atoms with Crippen molar-refractivity contribution >= 4 is 23.3 Å². The molecule has 4 aromatic rings. The van der Waals surface area contributed by atoms with E-state index in [1.807, 2.05) is 130 Å². The number of esters is 2. The second-order valence-electron chi connectivity index (χ2n) is 9.12. The van der Waals surface area contributed by atoms with E-state index in [-0.39, 0.29) is 36.6 Å². The first-order chi connectivity index (χ1) is 22.5. The summed E-state index contributed by atoms with van der Waals surface area (Å²) >= 11 is 0. The molecule has 0 aliphatic carbocycles. The molecule has 6 heteroatoms. The van der Waals surface area contributed by atoms with Gasteiger partial charge >= 0.3 is 11.9 Å². The maximum Gasteiger partial charge on any atom is 0.311 e. The van der Waals surface area contributed by atoms with Crippen molar-refractivity contribution in [2.45, 2.75) is 93.9 Å². The highest BCUT2D eigenvalue weighted by molar-refractivity contribution is 5.76. The standard InChI is InChI=1S/C32H30N2O4.4C2H6/c1-23(25-13-5-3-6-14-25)21-31(35)37-29-19-11-9-17-27(29)33-34-28-18-10-12-20-30(28)38-32(36)22-24(2)26-15-7-4-8-16-26;4*1-2/h3-20,23-24H,21-22H2,1-2H3;4*1-2H3/t23-,24+;;;;. The molecule has 0 aliphatic rings. The van der Waals surface area contributed by atoms with Gasteiger partial charge in [0.05, 0.1) is 12.8 Å². The van der Waals surface area contributed by atoms with E-state index >= 15 is 0 Å². The average Bonchev–Trinajstić information content (AvgIpc) is 3.12. The Kier molecular flexibility index (Phi) is 23.2. The third-order valence-corrected chi connectivity index (χ3v) is 6.13. The minimum atomic E-state index is -0.356. The molecule has 0 N–H and O–H groups in total. The predicted molar refractivity (Wildman–Crippen MR) is 193 cm³/mol. The Morgan fingerprint density at radius 2 is 0.761 bits per heavy atom. The Bertz CT molecular complexity index is 1280. The van der Waals surface area contributed by atoms with Crippen LogP contribution in [0, 0.1) is 0 Å². The lowest BCUT2D eigenvalue weighted by Gasteiger charge is -2.12. The lowest BCUT2D eigenvalue weighted by atomic mass is 9.98. The molecule has 0 spiro atoms. The molecule has 0 aromatic heterocycles. The number of ether oxygens (including phenoxy) is 2. The van der Waals surface area contributed by atoms with Crippen molar-refractivity contribution in [2.24, 2.45) is 10.2 Å². The lowest BCUT2D eigenvalue weighted by Crippen LogP contribution is -2.11. The maximum atomic E-state index is 12.6. The van der Waals surface area contributed by atoms with Gasteiger partial charge in [-0.2, -0.15) is 0 Å². The summed E-state index contributed by atoms with van der Waals surface area (Å²) in [6.07, 6.45) is 0.464. The van der Waals surface area contributed by atoms with Gasteiger partial charge in [-0.25, -0.2) is 0 Å².